The maximum Gasteiger partial charge on any atom is 0.267 e. The number of benzene rings is 2. The van der Waals surface area contributed by atoms with Gasteiger partial charge in [0.15, 0.2) is 5.75 Å². The molecular weight excluding hydrogens is 412 g/mol. The van der Waals surface area contributed by atoms with Crippen molar-refractivity contribution in [3.8, 4) is 5.75 Å². The highest BCUT2D eigenvalue weighted by molar-refractivity contribution is 7.22. The second kappa shape index (κ2) is 8.91. The maximum absolute atomic E-state index is 13.3. The number of hydrogen-bond acceptors (Lipinski definition) is 5. The largest absolute Gasteiger partial charge is 0.486 e. The molecule has 0 aliphatic carbocycles. The van der Waals surface area contributed by atoms with Crippen LogP contribution < -0.4 is 10.3 Å². The number of aryl methyl sites for hydroxylation is 1. The number of aromatic nitrogens is 1. The van der Waals surface area contributed by atoms with Gasteiger partial charge in [-0.15, -0.1) is 11.3 Å². The van der Waals surface area contributed by atoms with Crippen LogP contribution in [-0.2, 0) is 18.4 Å². The van der Waals surface area contributed by atoms with E-state index in [0.717, 1.165) is 21.2 Å². The molecule has 0 saturated carbocycles. The maximum atomic E-state index is 13.3. The molecule has 7 heteroatoms. The molecule has 0 fully saturated rings. The van der Waals surface area contributed by atoms with Crippen LogP contribution in [0.2, 0.25) is 0 Å². The summed E-state index contributed by atoms with van der Waals surface area (Å²) in [5, 5.41) is 1.37. The predicted octanol–water partition coefficient (Wildman–Crippen LogP) is 4.05. The molecule has 31 heavy (non-hydrogen) atoms. The van der Waals surface area contributed by atoms with E-state index in [1.165, 1.54) is 11.3 Å². The lowest BCUT2D eigenvalue weighted by atomic mass is 10.1. The summed E-state index contributed by atoms with van der Waals surface area (Å²) in [5.74, 6) is 0.164. The number of hydrogen-bond donors (Lipinski definition) is 0. The molecule has 0 radical (unpaired) electrons. The van der Waals surface area contributed by atoms with Crippen molar-refractivity contribution in [2.75, 3.05) is 27.3 Å². The predicted molar refractivity (Wildman–Crippen MR) is 124 cm³/mol. The van der Waals surface area contributed by atoms with E-state index in [4.69, 9.17) is 9.47 Å². The summed E-state index contributed by atoms with van der Waals surface area (Å²) in [6, 6.07) is 17.4. The zero-order valence-electron chi connectivity index (χ0n) is 17.8. The lowest BCUT2D eigenvalue weighted by molar-refractivity contribution is 0.0745. The third kappa shape index (κ3) is 3.94. The molecule has 0 aliphatic rings. The van der Waals surface area contributed by atoms with Crippen molar-refractivity contribution < 1.29 is 14.3 Å². The van der Waals surface area contributed by atoms with E-state index < -0.39 is 0 Å². The van der Waals surface area contributed by atoms with Crippen LogP contribution in [0.15, 0.2) is 59.4 Å². The third-order valence-electron chi connectivity index (χ3n) is 5.29. The van der Waals surface area contributed by atoms with Crippen molar-refractivity contribution in [3.63, 3.8) is 0 Å². The minimum Gasteiger partial charge on any atom is -0.486 e. The van der Waals surface area contributed by atoms with Gasteiger partial charge in [0, 0.05) is 33.1 Å². The number of methoxy groups -OCH3 is 1. The highest BCUT2D eigenvalue weighted by atomic mass is 32.1. The molecule has 0 unspecified atom stereocenters. The first kappa shape index (κ1) is 21.1. The number of rotatable bonds is 7. The highest BCUT2D eigenvalue weighted by Crippen LogP contribution is 2.40. The Bertz CT molecular complexity index is 1290. The van der Waals surface area contributed by atoms with E-state index in [1.54, 1.807) is 30.7 Å². The average molecular weight is 437 g/mol. The van der Waals surface area contributed by atoms with Crippen LogP contribution in [0.1, 0.15) is 15.2 Å². The Morgan fingerprint density at radius 2 is 1.81 bits per heavy atom. The van der Waals surface area contributed by atoms with Gasteiger partial charge in [-0.05, 0) is 11.6 Å². The summed E-state index contributed by atoms with van der Waals surface area (Å²) in [5.41, 5.74) is 1.61. The lowest BCUT2D eigenvalue weighted by Gasteiger charge is -2.16. The van der Waals surface area contributed by atoms with Gasteiger partial charge in [0.25, 0.3) is 11.5 Å². The Morgan fingerprint density at radius 1 is 1.10 bits per heavy atom. The Labute approximate surface area is 184 Å². The smallest absolute Gasteiger partial charge is 0.267 e. The first-order valence-corrected chi connectivity index (χ1v) is 10.8. The van der Waals surface area contributed by atoms with Gasteiger partial charge in [0.1, 0.15) is 16.9 Å². The van der Waals surface area contributed by atoms with Crippen molar-refractivity contribution >= 4 is 38.2 Å². The fourth-order valence-corrected chi connectivity index (χ4v) is 4.81. The van der Waals surface area contributed by atoms with Crippen LogP contribution >= 0.6 is 11.3 Å². The molecule has 0 aliphatic heterocycles. The van der Waals surface area contributed by atoms with Gasteiger partial charge >= 0.3 is 0 Å². The second-order valence-corrected chi connectivity index (χ2v) is 8.36. The van der Waals surface area contributed by atoms with Crippen molar-refractivity contribution in [1.82, 2.24) is 9.47 Å². The molecule has 0 N–H and O–H groups in total. The number of amides is 1. The van der Waals surface area contributed by atoms with Gasteiger partial charge in [0.2, 0.25) is 0 Å². The second-order valence-electron chi connectivity index (χ2n) is 7.34. The molecule has 2 aromatic carbocycles. The minimum absolute atomic E-state index is 0.174. The first-order valence-electron chi connectivity index (χ1n) is 9.98. The standard InChI is InChI=1S/C24H24N2O4S/c1-25(13-14-29-3)24(28)22-20(30-15-16-9-5-4-6-10-16)19-21(31-22)17-11-7-8-12-18(17)26(2)23(19)27/h4-12H,13-15H2,1-3H3. The van der Waals surface area contributed by atoms with E-state index in [-0.39, 0.29) is 18.1 Å². The minimum atomic E-state index is -0.188. The number of carbonyl (C=O) groups excluding carboxylic acids is 1. The number of ether oxygens (including phenoxy) is 2. The van der Waals surface area contributed by atoms with E-state index in [9.17, 15) is 9.59 Å². The van der Waals surface area contributed by atoms with E-state index in [2.05, 4.69) is 0 Å². The number of pyridine rings is 1. The lowest BCUT2D eigenvalue weighted by Crippen LogP contribution is -2.29. The van der Waals surface area contributed by atoms with E-state index in [1.807, 2.05) is 54.6 Å². The van der Waals surface area contributed by atoms with Gasteiger partial charge in [0.05, 0.1) is 16.8 Å². The number of fused-ring (bicyclic) bond motifs is 3. The summed E-state index contributed by atoms with van der Waals surface area (Å²) in [6.07, 6.45) is 0. The third-order valence-corrected chi connectivity index (χ3v) is 6.48. The van der Waals surface area contributed by atoms with Crippen molar-refractivity contribution in [3.05, 3.63) is 75.4 Å². The van der Waals surface area contributed by atoms with Crippen LogP contribution in [-0.4, -0.2) is 42.7 Å². The molecule has 0 spiro atoms. The molecule has 2 aromatic heterocycles. The summed E-state index contributed by atoms with van der Waals surface area (Å²) < 4.78 is 13.6. The van der Waals surface area contributed by atoms with Crippen LogP contribution in [0.4, 0.5) is 0 Å². The summed E-state index contributed by atoms with van der Waals surface area (Å²) in [6.45, 7) is 1.14. The molecule has 0 atom stereocenters. The normalized spacial score (nSPS) is 11.2. The van der Waals surface area contributed by atoms with Crippen molar-refractivity contribution in [2.45, 2.75) is 6.61 Å². The van der Waals surface area contributed by atoms with Gasteiger partial charge < -0.3 is 18.9 Å². The number of thiophene rings is 1. The van der Waals surface area contributed by atoms with Crippen LogP contribution in [0, 0.1) is 0 Å². The number of carbonyl (C=O) groups is 1. The monoisotopic (exact) mass is 436 g/mol. The molecule has 0 bridgehead atoms. The quantitative estimate of drug-likeness (QED) is 0.439. The Kier molecular flexibility index (Phi) is 6.06. The SMILES string of the molecule is COCCN(C)C(=O)c1sc2c(c1OCc1ccccc1)c(=O)n(C)c1ccccc21. The van der Waals surface area contributed by atoms with Gasteiger partial charge in [-0.3, -0.25) is 9.59 Å². The fourth-order valence-electron chi connectivity index (χ4n) is 3.55. The topological polar surface area (TPSA) is 60.8 Å². The van der Waals surface area contributed by atoms with Crippen molar-refractivity contribution in [2.24, 2.45) is 7.05 Å². The number of para-hydroxylation sites is 1. The summed E-state index contributed by atoms with van der Waals surface area (Å²) in [7, 11) is 5.07. The van der Waals surface area contributed by atoms with Gasteiger partial charge in [-0.1, -0.05) is 48.5 Å². The van der Waals surface area contributed by atoms with Crippen LogP contribution in [0.25, 0.3) is 21.0 Å². The highest BCUT2D eigenvalue weighted by Gasteiger charge is 2.26. The molecule has 160 valence electrons. The Balaban J connectivity index is 1.90. The molecular formula is C24H24N2O4S. The van der Waals surface area contributed by atoms with Crippen LogP contribution in [0.5, 0.6) is 5.75 Å². The molecule has 1 amide bonds. The summed E-state index contributed by atoms with van der Waals surface area (Å²) in [4.78, 5) is 28.6. The van der Waals surface area contributed by atoms with Crippen LogP contribution in [0.3, 0.4) is 0 Å². The zero-order chi connectivity index (χ0) is 22.0. The Hall–Kier alpha value is -3.16. The first-order chi connectivity index (χ1) is 15.0. The summed E-state index contributed by atoms with van der Waals surface area (Å²) >= 11 is 1.31. The fraction of sp³-hybridized carbons (Fsp3) is 0.250. The number of likely N-dealkylation sites (N-methyl/N-ethyl adjacent to an activating group) is 1. The molecule has 0 saturated heterocycles. The number of nitrogens with zero attached hydrogens (tertiary/aromatic N) is 2. The van der Waals surface area contributed by atoms with Gasteiger partial charge in [-0.25, -0.2) is 0 Å². The van der Waals surface area contributed by atoms with Crippen molar-refractivity contribution in [1.29, 1.82) is 0 Å². The van der Waals surface area contributed by atoms with Gasteiger partial charge in [-0.2, -0.15) is 0 Å². The zero-order valence-corrected chi connectivity index (χ0v) is 18.6. The molecule has 2 heterocycles. The molecule has 4 rings (SSSR count). The van der Waals surface area contributed by atoms with E-state index in [0.29, 0.717) is 29.2 Å². The Morgan fingerprint density at radius 3 is 2.55 bits per heavy atom. The average Bonchev–Trinajstić information content (AvgIpc) is 3.19. The molecule has 4 aromatic rings. The molecule has 6 nitrogen and oxygen atoms in total. The van der Waals surface area contributed by atoms with E-state index >= 15 is 0 Å².